The van der Waals surface area contributed by atoms with Crippen LogP contribution in [0, 0.1) is 12.8 Å². The molecule has 4 heteroatoms. The fourth-order valence-electron chi connectivity index (χ4n) is 2.80. The van der Waals surface area contributed by atoms with Gasteiger partial charge in [0.25, 0.3) is 0 Å². The van der Waals surface area contributed by atoms with E-state index in [1.807, 2.05) is 6.92 Å². The second kappa shape index (κ2) is 5.87. The van der Waals surface area contributed by atoms with E-state index in [1.165, 1.54) is 19.3 Å². The van der Waals surface area contributed by atoms with Crippen molar-refractivity contribution >= 4 is 0 Å². The maximum Gasteiger partial charge on any atom is 0.220 e. The molecule has 1 aromatic rings. The third kappa shape index (κ3) is 2.73. The average molecular weight is 263 g/mol. The molecule has 1 aliphatic carbocycles. The normalized spacial score (nSPS) is 17.4. The second-order valence-corrected chi connectivity index (χ2v) is 5.78. The van der Waals surface area contributed by atoms with Crippen LogP contribution in [0.5, 0.6) is 5.88 Å². The zero-order valence-corrected chi connectivity index (χ0v) is 12.4. The largest absolute Gasteiger partial charge is 0.481 e. The van der Waals surface area contributed by atoms with Crippen LogP contribution >= 0.6 is 0 Å². The number of nitrogens with two attached hydrogens (primary N) is 1. The molecule has 106 valence electrons. The minimum atomic E-state index is 0.307. The van der Waals surface area contributed by atoms with Crippen molar-refractivity contribution in [2.24, 2.45) is 11.7 Å². The van der Waals surface area contributed by atoms with Crippen molar-refractivity contribution < 1.29 is 4.74 Å². The molecule has 0 aromatic carbocycles. The van der Waals surface area contributed by atoms with Gasteiger partial charge in [0.15, 0.2) is 0 Å². The van der Waals surface area contributed by atoms with Crippen molar-refractivity contribution in [1.29, 1.82) is 0 Å². The van der Waals surface area contributed by atoms with E-state index in [1.54, 1.807) is 7.11 Å². The van der Waals surface area contributed by atoms with Crippen molar-refractivity contribution in [2.75, 3.05) is 13.7 Å². The molecule has 2 rings (SSSR count). The molecule has 4 nitrogen and oxygen atoms in total. The molecule has 0 spiro atoms. The van der Waals surface area contributed by atoms with E-state index in [0.717, 1.165) is 23.0 Å². The van der Waals surface area contributed by atoms with Crippen molar-refractivity contribution in [2.45, 2.75) is 51.9 Å². The quantitative estimate of drug-likeness (QED) is 0.887. The van der Waals surface area contributed by atoms with Crippen LogP contribution in [-0.4, -0.2) is 23.6 Å². The first-order valence-electron chi connectivity index (χ1n) is 7.21. The summed E-state index contributed by atoms with van der Waals surface area (Å²) in [5.41, 5.74) is 8.14. The fraction of sp³-hybridized carbons (Fsp3) is 0.733. The molecule has 1 aliphatic rings. The standard InChI is InChI=1S/C15H25N3O/c1-9(2)14-17-10(3)13(15(18-14)19-4)12(8-16)11-6-5-7-11/h9,11-12H,5-8,16H2,1-4H3. The minimum absolute atomic E-state index is 0.307. The summed E-state index contributed by atoms with van der Waals surface area (Å²) in [4.78, 5) is 9.22. The van der Waals surface area contributed by atoms with Gasteiger partial charge >= 0.3 is 0 Å². The second-order valence-electron chi connectivity index (χ2n) is 5.78. The van der Waals surface area contributed by atoms with Crippen LogP contribution in [0.1, 0.15) is 62.0 Å². The maximum atomic E-state index is 5.99. The molecule has 19 heavy (non-hydrogen) atoms. The number of rotatable bonds is 5. The SMILES string of the molecule is COc1nc(C(C)C)nc(C)c1C(CN)C1CCC1. The lowest BCUT2D eigenvalue weighted by Gasteiger charge is -2.34. The molecule has 1 heterocycles. The summed E-state index contributed by atoms with van der Waals surface area (Å²) in [5.74, 6) is 2.89. The highest BCUT2D eigenvalue weighted by molar-refractivity contribution is 5.35. The number of hydrogen-bond acceptors (Lipinski definition) is 4. The van der Waals surface area contributed by atoms with Crippen molar-refractivity contribution in [3.05, 3.63) is 17.1 Å². The van der Waals surface area contributed by atoms with E-state index >= 15 is 0 Å². The molecule has 0 bridgehead atoms. The Hall–Kier alpha value is -1.16. The molecule has 0 radical (unpaired) electrons. The average Bonchev–Trinajstić information content (AvgIpc) is 2.32. The topological polar surface area (TPSA) is 61.0 Å². The van der Waals surface area contributed by atoms with Gasteiger partial charge in [-0.15, -0.1) is 0 Å². The summed E-state index contributed by atoms with van der Waals surface area (Å²) in [6.45, 7) is 6.89. The molecule has 1 unspecified atom stereocenters. The van der Waals surface area contributed by atoms with E-state index in [4.69, 9.17) is 10.5 Å². The molecule has 1 fully saturated rings. The summed E-state index contributed by atoms with van der Waals surface area (Å²) < 4.78 is 5.51. The summed E-state index contributed by atoms with van der Waals surface area (Å²) >= 11 is 0. The van der Waals surface area contributed by atoms with Crippen LogP contribution in [0.25, 0.3) is 0 Å². The molecule has 0 saturated heterocycles. The van der Waals surface area contributed by atoms with Gasteiger partial charge in [0.05, 0.1) is 7.11 Å². The van der Waals surface area contributed by atoms with Gasteiger partial charge in [-0.2, -0.15) is 4.98 Å². The molecular weight excluding hydrogens is 238 g/mol. The number of aromatic nitrogens is 2. The van der Waals surface area contributed by atoms with Gasteiger partial charge in [-0.3, -0.25) is 0 Å². The van der Waals surface area contributed by atoms with Crippen LogP contribution < -0.4 is 10.5 Å². The Bertz CT molecular complexity index is 441. The van der Waals surface area contributed by atoms with Gasteiger partial charge in [-0.25, -0.2) is 4.98 Å². The van der Waals surface area contributed by atoms with E-state index < -0.39 is 0 Å². The summed E-state index contributed by atoms with van der Waals surface area (Å²) in [5, 5.41) is 0. The van der Waals surface area contributed by atoms with Crippen LogP contribution in [0.3, 0.4) is 0 Å². The Morgan fingerprint density at radius 1 is 1.32 bits per heavy atom. The van der Waals surface area contributed by atoms with Gasteiger partial charge in [-0.1, -0.05) is 20.3 Å². The number of methoxy groups -OCH3 is 1. The number of nitrogens with zero attached hydrogens (tertiary/aromatic N) is 2. The Labute approximate surface area is 115 Å². The zero-order valence-electron chi connectivity index (χ0n) is 12.4. The Kier molecular flexibility index (Phi) is 4.40. The monoisotopic (exact) mass is 263 g/mol. The van der Waals surface area contributed by atoms with E-state index in [0.29, 0.717) is 24.3 Å². The molecule has 0 aliphatic heterocycles. The predicted molar refractivity (Wildman–Crippen MR) is 76.5 cm³/mol. The van der Waals surface area contributed by atoms with E-state index in [2.05, 4.69) is 23.8 Å². The third-order valence-electron chi connectivity index (χ3n) is 4.17. The number of hydrogen-bond donors (Lipinski definition) is 1. The molecule has 1 aromatic heterocycles. The summed E-state index contributed by atoms with van der Waals surface area (Å²) in [7, 11) is 1.68. The molecule has 1 saturated carbocycles. The maximum absolute atomic E-state index is 5.99. The molecule has 1 atom stereocenters. The van der Waals surface area contributed by atoms with Gasteiger partial charge in [0.1, 0.15) is 5.82 Å². The van der Waals surface area contributed by atoms with Gasteiger partial charge in [0.2, 0.25) is 5.88 Å². The lowest BCUT2D eigenvalue weighted by molar-refractivity contribution is 0.256. The third-order valence-corrected chi connectivity index (χ3v) is 4.17. The lowest BCUT2D eigenvalue weighted by Crippen LogP contribution is -2.28. The minimum Gasteiger partial charge on any atom is -0.481 e. The first-order valence-corrected chi connectivity index (χ1v) is 7.21. The number of aryl methyl sites for hydroxylation is 1. The van der Waals surface area contributed by atoms with Gasteiger partial charge in [-0.05, 0) is 32.2 Å². The van der Waals surface area contributed by atoms with Crippen molar-refractivity contribution in [3.63, 3.8) is 0 Å². The Balaban J connectivity index is 2.42. The van der Waals surface area contributed by atoms with Crippen LogP contribution in [0.2, 0.25) is 0 Å². The van der Waals surface area contributed by atoms with Gasteiger partial charge in [0, 0.05) is 23.1 Å². The Morgan fingerprint density at radius 2 is 2.00 bits per heavy atom. The fourth-order valence-corrected chi connectivity index (χ4v) is 2.80. The smallest absolute Gasteiger partial charge is 0.220 e. The lowest BCUT2D eigenvalue weighted by atomic mass is 9.73. The Morgan fingerprint density at radius 3 is 2.42 bits per heavy atom. The highest BCUT2D eigenvalue weighted by Crippen LogP contribution is 2.42. The summed E-state index contributed by atoms with van der Waals surface area (Å²) in [6, 6.07) is 0. The molecule has 0 amide bonds. The molecule has 2 N–H and O–H groups in total. The number of ether oxygens (including phenoxy) is 1. The highest BCUT2D eigenvalue weighted by atomic mass is 16.5. The van der Waals surface area contributed by atoms with Crippen LogP contribution in [0.15, 0.2) is 0 Å². The first kappa shape index (κ1) is 14.3. The van der Waals surface area contributed by atoms with E-state index in [9.17, 15) is 0 Å². The van der Waals surface area contributed by atoms with Crippen LogP contribution in [0.4, 0.5) is 0 Å². The molecular formula is C15H25N3O. The summed E-state index contributed by atoms with van der Waals surface area (Å²) in [6.07, 6.45) is 3.83. The van der Waals surface area contributed by atoms with Gasteiger partial charge < -0.3 is 10.5 Å². The first-order chi connectivity index (χ1) is 9.08. The van der Waals surface area contributed by atoms with Crippen molar-refractivity contribution in [1.82, 2.24) is 9.97 Å². The highest BCUT2D eigenvalue weighted by Gasteiger charge is 2.32. The van der Waals surface area contributed by atoms with Crippen molar-refractivity contribution in [3.8, 4) is 5.88 Å². The zero-order chi connectivity index (χ0) is 14.0. The van der Waals surface area contributed by atoms with E-state index in [-0.39, 0.29) is 0 Å². The van der Waals surface area contributed by atoms with Crippen LogP contribution in [-0.2, 0) is 0 Å². The predicted octanol–water partition coefficient (Wildman–Crippen LogP) is 2.76.